The number of anilines is 1. The average molecular weight is 549 g/mol. The molecule has 1 fully saturated rings. The molecule has 0 spiro atoms. The summed E-state index contributed by atoms with van der Waals surface area (Å²) in [7, 11) is 0. The Morgan fingerprint density at radius 2 is 1.71 bits per heavy atom. The number of carbonyl (C=O) groups is 1. The average Bonchev–Trinajstić information content (AvgIpc) is 3.30. The minimum Gasteiger partial charge on any atom is -0.489 e. The highest BCUT2D eigenvalue weighted by Crippen LogP contribution is 2.32. The van der Waals surface area contributed by atoms with Gasteiger partial charge in [-0.1, -0.05) is 29.8 Å². The number of amides is 1. The molecule has 0 bridgehead atoms. The van der Waals surface area contributed by atoms with Gasteiger partial charge in [-0.15, -0.1) is 0 Å². The van der Waals surface area contributed by atoms with Crippen LogP contribution in [0.15, 0.2) is 76.6 Å². The van der Waals surface area contributed by atoms with Gasteiger partial charge in [0.05, 0.1) is 9.83 Å². The van der Waals surface area contributed by atoms with Crippen molar-refractivity contribution in [3.63, 3.8) is 0 Å². The van der Waals surface area contributed by atoms with E-state index >= 15 is 0 Å². The van der Waals surface area contributed by atoms with Crippen LogP contribution in [0.2, 0.25) is 5.02 Å². The molecular formula is C28H25ClN4O4S. The molecule has 2 aliphatic rings. The summed E-state index contributed by atoms with van der Waals surface area (Å²) in [5.74, 6) is 0.442. The number of amidine groups is 1. The zero-order valence-corrected chi connectivity index (χ0v) is 22.2. The fourth-order valence-electron chi connectivity index (χ4n) is 4.16. The number of hydrogen-bond donors (Lipinski definition) is 0. The molecule has 38 heavy (non-hydrogen) atoms. The van der Waals surface area contributed by atoms with Crippen molar-refractivity contribution in [2.75, 3.05) is 31.1 Å². The molecule has 8 nitrogen and oxygen atoms in total. The normalized spacial score (nSPS) is 16.6. The number of nitrogens with zero attached hydrogens (tertiary/aromatic N) is 4. The van der Waals surface area contributed by atoms with Crippen LogP contribution in [0.5, 0.6) is 5.75 Å². The molecule has 3 aromatic carbocycles. The van der Waals surface area contributed by atoms with Gasteiger partial charge in [-0.05, 0) is 77.9 Å². The Balaban J connectivity index is 1.14. The van der Waals surface area contributed by atoms with Gasteiger partial charge in [-0.2, -0.15) is 4.99 Å². The molecule has 10 heteroatoms. The van der Waals surface area contributed by atoms with Crippen molar-refractivity contribution in [1.29, 1.82) is 0 Å². The third kappa shape index (κ3) is 6.00. The zero-order valence-electron chi connectivity index (χ0n) is 20.7. The molecule has 5 rings (SSSR count). The maximum absolute atomic E-state index is 12.6. The van der Waals surface area contributed by atoms with Crippen molar-refractivity contribution in [3.05, 3.63) is 103 Å². The number of benzene rings is 3. The number of nitro benzene ring substituents is 1. The van der Waals surface area contributed by atoms with Crippen molar-refractivity contribution >= 4 is 51.9 Å². The SMILES string of the molecule is Cc1ccc(N2CCN(C3=NC(=O)/C(=C\c4ccc(OCc5ccc([N+](=O)[O-])cc5)cc4)S3)CC2)cc1Cl. The summed E-state index contributed by atoms with van der Waals surface area (Å²) >= 11 is 7.70. The Kier molecular flexibility index (Phi) is 7.67. The minimum absolute atomic E-state index is 0.0486. The number of carbonyl (C=O) groups excluding carboxylic acids is 1. The quantitative estimate of drug-likeness (QED) is 0.214. The second-order valence-corrected chi connectivity index (χ2v) is 10.4. The molecule has 0 atom stereocenters. The van der Waals surface area contributed by atoms with Crippen molar-refractivity contribution in [3.8, 4) is 5.75 Å². The first-order valence-corrected chi connectivity index (χ1v) is 13.3. The first kappa shape index (κ1) is 25.8. The number of piperazine rings is 1. The summed E-state index contributed by atoms with van der Waals surface area (Å²) in [4.78, 5) is 32.3. The van der Waals surface area contributed by atoms with Gasteiger partial charge in [-0.3, -0.25) is 14.9 Å². The minimum atomic E-state index is -0.428. The predicted molar refractivity (Wildman–Crippen MR) is 152 cm³/mol. The van der Waals surface area contributed by atoms with E-state index < -0.39 is 4.92 Å². The number of nitro groups is 1. The van der Waals surface area contributed by atoms with Gasteiger partial charge < -0.3 is 14.5 Å². The standard InChI is InChI=1S/C28H25ClN4O4S/c1-19-2-7-23(17-25(19)29)31-12-14-32(15-13-31)28-30-27(34)26(38-28)16-20-5-10-24(11-6-20)37-18-21-3-8-22(9-4-21)33(35)36/h2-11,16-17H,12-15,18H2,1H3/b26-16+. The van der Waals surface area contributed by atoms with Crippen LogP contribution in [0.4, 0.5) is 11.4 Å². The van der Waals surface area contributed by atoms with E-state index in [0.29, 0.717) is 17.3 Å². The van der Waals surface area contributed by atoms with E-state index in [4.69, 9.17) is 16.3 Å². The number of thioether (sulfide) groups is 1. The fourth-order valence-corrected chi connectivity index (χ4v) is 5.30. The van der Waals surface area contributed by atoms with Crippen molar-refractivity contribution < 1.29 is 14.5 Å². The third-order valence-corrected chi connectivity index (χ3v) is 7.86. The Hall–Kier alpha value is -3.82. The van der Waals surface area contributed by atoms with E-state index in [2.05, 4.69) is 20.9 Å². The van der Waals surface area contributed by atoms with Crippen LogP contribution in [0.1, 0.15) is 16.7 Å². The highest BCUT2D eigenvalue weighted by Gasteiger charge is 2.28. The fraction of sp³-hybridized carbons (Fsp3) is 0.214. The lowest BCUT2D eigenvalue weighted by molar-refractivity contribution is -0.384. The van der Waals surface area contributed by atoms with Crippen LogP contribution < -0.4 is 9.64 Å². The number of hydrogen-bond acceptors (Lipinski definition) is 7. The number of halogens is 1. The summed E-state index contributed by atoms with van der Waals surface area (Å²) in [6.07, 6.45) is 1.84. The highest BCUT2D eigenvalue weighted by molar-refractivity contribution is 8.18. The van der Waals surface area contributed by atoms with E-state index in [0.717, 1.165) is 58.7 Å². The topological polar surface area (TPSA) is 88.3 Å². The summed E-state index contributed by atoms with van der Waals surface area (Å²) < 4.78 is 5.78. The molecule has 1 saturated heterocycles. The second kappa shape index (κ2) is 11.3. The van der Waals surface area contributed by atoms with Crippen molar-refractivity contribution in [2.24, 2.45) is 4.99 Å². The molecule has 0 saturated carbocycles. The van der Waals surface area contributed by atoms with E-state index in [1.807, 2.05) is 49.4 Å². The summed E-state index contributed by atoms with van der Waals surface area (Å²) in [6, 6.07) is 19.8. The second-order valence-electron chi connectivity index (χ2n) is 9.00. The molecule has 1 amide bonds. The first-order valence-electron chi connectivity index (χ1n) is 12.1. The lowest BCUT2D eigenvalue weighted by atomic mass is 10.2. The monoisotopic (exact) mass is 548 g/mol. The lowest BCUT2D eigenvalue weighted by Crippen LogP contribution is -2.47. The van der Waals surface area contributed by atoms with E-state index in [1.165, 1.54) is 23.9 Å². The van der Waals surface area contributed by atoms with Gasteiger partial charge in [0.1, 0.15) is 12.4 Å². The largest absolute Gasteiger partial charge is 0.489 e. The van der Waals surface area contributed by atoms with Crippen LogP contribution in [-0.2, 0) is 11.4 Å². The van der Waals surface area contributed by atoms with Gasteiger partial charge in [0, 0.05) is 49.0 Å². The van der Waals surface area contributed by atoms with Gasteiger partial charge in [0.25, 0.3) is 11.6 Å². The molecule has 2 heterocycles. The Morgan fingerprint density at radius 1 is 1.03 bits per heavy atom. The molecule has 0 radical (unpaired) electrons. The number of aliphatic imine (C=N–C) groups is 1. The van der Waals surface area contributed by atoms with Crippen molar-refractivity contribution in [2.45, 2.75) is 13.5 Å². The van der Waals surface area contributed by atoms with E-state index in [1.54, 1.807) is 12.1 Å². The number of aryl methyl sites for hydroxylation is 1. The van der Waals surface area contributed by atoms with Crippen LogP contribution in [0.25, 0.3) is 6.08 Å². The molecular weight excluding hydrogens is 524 g/mol. The number of non-ortho nitro benzene ring substituents is 1. The van der Waals surface area contributed by atoms with Gasteiger partial charge in [0.15, 0.2) is 5.17 Å². The molecule has 0 aliphatic carbocycles. The Labute approximate surface area is 229 Å². The Bertz CT molecular complexity index is 1420. The summed E-state index contributed by atoms with van der Waals surface area (Å²) in [5.41, 5.74) is 3.93. The van der Waals surface area contributed by atoms with Gasteiger partial charge >= 0.3 is 0 Å². The first-order chi connectivity index (χ1) is 18.4. The summed E-state index contributed by atoms with van der Waals surface area (Å²) in [6.45, 7) is 5.50. The highest BCUT2D eigenvalue weighted by atomic mass is 35.5. The number of ether oxygens (including phenoxy) is 1. The van der Waals surface area contributed by atoms with Crippen LogP contribution in [0, 0.1) is 17.0 Å². The Morgan fingerprint density at radius 3 is 2.37 bits per heavy atom. The van der Waals surface area contributed by atoms with Gasteiger partial charge in [0.2, 0.25) is 0 Å². The lowest BCUT2D eigenvalue weighted by Gasteiger charge is -2.36. The van der Waals surface area contributed by atoms with Crippen LogP contribution in [0.3, 0.4) is 0 Å². The van der Waals surface area contributed by atoms with Crippen LogP contribution in [-0.4, -0.2) is 47.1 Å². The van der Waals surface area contributed by atoms with E-state index in [-0.39, 0.29) is 11.6 Å². The molecule has 2 aliphatic heterocycles. The van der Waals surface area contributed by atoms with Gasteiger partial charge in [-0.25, -0.2) is 0 Å². The third-order valence-electron chi connectivity index (χ3n) is 6.41. The smallest absolute Gasteiger partial charge is 0.286 e. The molecule has 194 valence electrons. The van der Waals surface area contributed by atoms with E-state index in [9.17, 15) is 14.9 Å². The van der Waals surface area contributed by atoms with Crippen LogP contribution >= 0.6 is 23.4 Å². The maximum atomic E-state index is 12.6. The molecule has 0 unspecified atom stereocenters. The summed E-state index contributed by atoms with van der Waals surface area (Å²) in [5, 5.41) is 12.3. The zero-order chi connectivity index (χ0) is 26.6. The molecule has 0 aromatic heterocycles. The maximum Gasteiger partial charge on any atom is 0.286 e. The molecule has 0 N–H and O–H groups in total. The van der Waals surface area contributed by atoms with Crippen molar-refractivity contribution in [1.82, 2.24) is 4.90 Å². The number of rotatable bonds is 6. The molecule has 3 aromatic rings. The predicted octanol–water partition coefficient (Wildman–Crippen LogP) is 5.93.